The van der Waals surface area contributed by atoms with E-state index in [-0.39, 0.29) is 17.7 Å². The number of nitrogens with zero attached hydrogens (tertiary/aromatic N) is 4. The van der Waals surface area contributed by atoms with Gasteiger partial charge in [-0.25, -0.2) is 0 Å². The first-order valence-corrected chi connectivity index (χ1v) is 12.0. The van der Waals surface area contributed by atoms with Crippen LogP contribution in [0.2, 0.25) is 0 Å². The van der Waals surface area contributed by atoms with Crippen LogP contribution in [0, 0.1) is 17.8 Å². The Kier molecular flexibility index (Phi) is 7.22. The number of likely N-dealkylation sites (tertiary alicyclic amines) is 1. The first kappa shape index (κ1) is 22.6. The Bertz CT molecular complexity index is 770. The fourth-order valence-electron chi connectivity index (χ4n) is 6.19. The molecule has 31 heavy (non-hydrogen) atoms. The zero-order chi connectivity index (χ0) is 21.8. The molecule has 1 aromatic carbocycles. The second-order valence-corrected chi connectivity index (χ2v) is 10.2. The third-order valence-corrected chi connectivity index (χ3v) is 8.03. The number of rotatable bonds is 9. The molecule has 4 unspecified atom stereocenters. The number of hydrogen-bond acceptors (Lipinski definition) is 4. The first-order valence-electron chi connectivity index (χ1n) is 12.0. The lowest BCUT2D eigenvalue weighted by Gasteiger charge is -2.52. The van der Waals surface area contributed by atoms with Gasteiger partial charge in [-0.15, -0.1) is 0 Å². The van der Waals surface area contributed by atoms with Crippen LogP contribution in [0.3, 0.4) is 0 Å². The molecule has 0 spiro atoms. The van der Waals surface area contributed by atoms with Crippen LogP contribution in [0.4, 0.5) is 0 Å². The SMILES string of the molecule is COC(OC)C(C)Cc1ccc(C23CCN(CC4CC4)CC2CCC(N=[N+]=[N-])C3)cc1. The molecule has 4 rings (SSSR count). The number of piperidine rings is 1. The van der Waals surface area contributed by atoms with Crippen molar-refractivity contribution in [1.82, 2.24) is 4.90 Å². The maximum atomic E-state index is 9.05. The van der Waals surface area contributed by atoms with Gasteiger partial charge in [0.15, 0.2) is 6.29 Å². The van der Waals surface area contributed by atoms with Gasteiger partial charge in [0.1, 0.15) is 0 Å². The number of methoxy groups -OCH3 is 2. The standard InChI is InChI=1S/C25H38N4O2/c1-18(24(30-2)31-3)14-19-6-8-21(9-7-19)25-12-13-29(16-20-4-5-20)17-22(25)10-11-23(15-25)27-28-26/h6-9,18,20,22-24H,4-5,10-17H2,1-3H3. The summed E-state index contributed by atoms with van der Waals surface area (Å²) in [4.78, 5) is 5.86. The van der Waals surface area contributed by atoms with E-state index in [0.717, 1.165) is 38.1 Å². The molecule has 0 amide bonds. The minimum atomic E-state index is -0.179. The van der Waals surface area contributed by atoms with E-state index in [9.17, 15) is 0 Å². The Morgan fingerprint density at radius 3 is 2.55 bits per heavy atom. The Balaban J connectivity index is 1.52. The van der Waals surface area contributed by atoms with Crippen molar-refractivity contribution in [3.8, 4) is 0 Å². The minimum Gasteiger partial charge on any atom is -0.356 e. The van der Waals surface area contributed by atoms with Crippen molar-refractivity contribution in [2.45, 2.75) is 69.6 Å². The summed E-state index contributed by atoms with van der Waals surface area (Å²) in [7, 11) is 3.40. The fourth-order valence-corrected chi connectivity index (χ4v) is 6.19. The first-order chi connectivity index (χ1) is 15.1. The van der Waals surface area contributed by atoms with Crippen LogP contribution in [-0.2, 0) is 21.3 Å². The molecule has 0 aromatic heterocycles. The third-order valence-electron chi connectivity index (χ3n) is 8.03. The molecule has 3 aliphatic rings. The number of ether oxygens (including phenoxy) is 2. The van der Waals surface area contributed by atoms with Gasteiger partial charge >= 0.3 is 0 Å². The average Bonchev–Trinajstić information content (AvgIpc) is 3.59. The lowest BCUT2D eigenvalue weighted by Crippen LogP contribution is -2.53. The molecule has 1 aromatic rings. The van der Waals surface area contributed by atoms with Crippen molar-refractivity contribution in [1.29, 1.82) is 0 Å². The van der Waals surface area contributed by atoms with E-state index in [0.29, 0.717) is 11.8 Å². The molecule has 0 N–H and O–H groups in total. The molecule has 4 atom stereocenters. The molecule has 2 aliphatic carbocycles. The number of hydrogen-bond donors (Lipinski definition) is 0. The van der Waals surface area contributed by atoms with Gasteiger partial charge in [-0.05, 0) is 80.0 Å². The predicted octanol–water partition coefficient (Wildman–Crippen LogP) is 5.32. The number of azide groups is 1. The quantitative estimate of drug-likeness (QED) is 0.232. The van der Waals surface area contributed by atoms with Crippen molar-refractivity contribution >= 4 is 0 Å². The van der Waals surface area contributed by atoms with Crippen molar-refractivity contribution < 1.29 is 9.47 Å². The van der Waals surface area contributed by atoms with Crippen molar-refractivity contribution in [3.63, 3.8) is 0 Å². The van der Waals surface area contributed by atoms with Crippen LogP contribution < -0.4 is 0 Å². The lowest BCUT2D eigenvalue weighted by molar-refractivity contribution is -0.132. The summed E-state index contributed by atoms with van der Waals surface area (Å²) in [6.45, 7) is 5.81. The number of benzene rings is 1. The zero-order valence-corrected chi connectivity index (χ0v) is 19.4. The molecule has 2 saturated carbocycles. The normalized spacial score (nSPS) is 29.9. The van der Waals surface area contributed by atoms with Gasteiger partial charge in [0, 0.05) is 49.6 Å². The molecule has 1 heterocycles. The van der Waals surface area contributed by atoms with Crippen molar-refractivity contribution in [3.05, 3.63) is 45.8 Å². The summed E-state index contributed by atoms with van der Waals surface area (Å²) in [5.74, 6) is 1.89. The summed E-state index contributed by atoms with van der Waals surface area (Å²) < 4.78 is 10.9. The number of fused-ring (bicyclic) bond motifs is 1. The van der Waals surface area contributed by atoms with Gasteiger partial charge in [0.25, 0.3) is 0 Å². The molecule has 6 heteroatoms. The Morgan fingerprint density at radius 1 is 1.16 bits per heavy atom. The Morgan fingerprint density at radius 2 is 1.90 bits per heavy atom. The van der Waals surface area contributed by atoms with E-state index in [4.69, 9.17) is 15.0 Å². The van der Waals surface area contributed by atoms with Crippen molar-refractivity contribution in [2.24, 2.45) is 22.9 Å². The second-order valence-electron chi connectivity index (χ2n) is 10.2. The summed E-state index contributed by atoms with van der Waals surface area (Å²) in [5, 5.41) is 4.16. The molecular weight excluding hydrogens is 388 g/mol. The van der Waals surface area contributed by atoms with Gasteiger partial charge < -0.3 is 14.4 Å². The summed E-state index contributed by atoms with van der Waals surface area (Å²) >= 11 is 0. The summed E-state index contributed by atoms with van der Waals surface area (Å²) in [6.07, 6.45) is 7.93. The van der Waals surface area contributed by atoms with Crippen LogP contribution in [0.25, 0.3) is 10.4 Å². The largest absolute Gasteiger partial charge is 0.356 e. The second kappa shape index (κ2) is 9.91. The minimum absolute atomic E-state index is 0.125. The fraction of sp³-hybridized carbons (Fsp3) is 0.760. The van der Waals surface area contributed by atoms with Gasteiger partial charge in [-0.1, -0.05) is 36.3 Å². The maximum Gasteiger partial charge on any atom is 0.159 e. The van der Waals surface area contributed by atoms with Crippen LogP contribution in [0.15, 0.2) is 29.4 Å². The Labute approximate surface area is 186 Å². The molecule has 3 fully saturated rings. The average molecular weight is 427 g/mol. The van der Waals surface area contributed by atoms with E-state index in [1.165, 1.54) is 43.5 Å². The van der Waals surface area contributed by atoms with Crippen LogP contribution in [-0.4, -0.2) is 51.1 Å². The smallest absolute Gasteiger partial charge is 0.159 e. The van der Waals surface area contributed by atoms with Crippen molar-refractivity contribution in [2.75, 3.05) is 33.9 Å². The highest BCUT2D eigenvalue weighted by molar-refractivity contribution is 5.32. The topological polar surface area (TPSA) is 70.5 Å². The molecule has 170 valence electrons. The molecule has 1 saturated heterocycles. The molecule has 6 nitrogen and oxygen atoms in total. The summed E-state index contributed by atoms with van der Waals surface area (Å²) in [5.41, 5.74) is 11.9. The van der Waals surface area contributed by atoms with E-state index in [1.807, 2.05) is 0 Å². The molecule has 0 radical (unpaired) electrons. The third kappa shape index (κ3) is 5.09. The van der Waals surface area contributed by atoms with Crippen LogP contribution in [0.1, 0.15) is 56.6 Å². The molecule has 1 aliphatic heterocycles. The monoisotopic (exact) mass is 426 g/mol. The van der Waals surface area contributed by atoms with Gasteiger partial charge in [-0.2, -0.15) is 0 Å². The van der Waals surface area contributed by atoms with Gasteiger partial charge in [0.2, 0.25) is 0 Å². The van der Waals surface area contributed by atoms with Crippen LogP contribution in [0.5, 0.6) is 0 Å². The van der Waals surface area contributed by atoms with E-state index in [1.54, 1.807) is 14.2 Å². The predicted molar refractivity (Wildman–Crippen MR) is 123 cm³/mol. The van der Waals surface area contributed by atoms with Gasteiger partial charge in [-0.3, -0.25) is 0 Å². The maximum absolute atomic E-state index is 9.05. The molecule has 0 bridgehead atoms. The molecular formula is C25H38N4O2. The van der Waals surface area contributed by atoms with Gasteiger partial charge in [0.05, 0.1) is 0 Å². The summed E-state index contributed by atoms with van der Waals surface area (Å²) in [6, 6.07) is 9.39. The highest BCUT2D eigenvalue weighted by Crippen LogP contribution is 2.50. The lowest BCUT2D eigenvalue weighted by atomic mass is 9.58. The van der Waals surface area contributed by atoms with E-state index >= 15 is 0 Å². The Hall–Kier alpha value is -1.59. The highest BCUT2D eigenvalue weighted by atomic mass is 16.7. The highest BCUT2D eigenvalue weighted by Gasteiger charge is 2.48. The van der Waals surface area contributed by atoms with E-state index < -0.39 is 0 Å². The van der Waals surface area contributed by atoms with Crippen LogP contribution >= 0.6 is 0 Å². The van der Waals surface area contributed by atoms with E-state index in [2.05, 4.69) is 46.1 Å². The zero-order valence-electron chi connectivity index (χ0n) is 19.4.